The maximum Gasteiger partial charge on any atom is 0.337 e. The summed E-state index contributed by atoms with van der Waals surface area (Å²) in [7, 11) is 2.45. The number of benzene rings is 1. The van der Waals surface area contributed by atoms with Gasteiger partial charge in [-0.1, -0.05) is 11.8 Å². The molecule has 3 rings (SSSR count). The van der Waals surface area contributed by atoms with Crippen LogP contribution in [-0.4, -0.2) is 48.0 Å². The number of nitrogens with one attached hydrogen (secondary N) is 1. The molecule has 0 radical (unpaired) electrons. The Hall–Kier alpha value is -2.88. The number of ether oxygens (including phenoxy) is 2. The van der Waals surface area contributed by atoms with Gasteiger partial charge in [0.05, 0.1) is 31.1 Å². The van der Waals surface area contributed by atoms with Gasteiger partial charge in [-0.3, -0.25) is 4.79 Å². The Morgan fingerprint density at radius 2 is 1.74 bits per heavy atom. The van der Waals surface area contributed by atoms with Gasteiger partial charge in [0.15, 0.2) is 0 Å². The monoisotopic (exact) mass is 391 g/mol. The van der Waals surface area contributed by atoms with Crippen molar-refractivity contribution in [2.75, 3.05) is 25.3 Å². The van der Waals surface area contributed by atoms with Crippen LogP contribution < -0.4 is 5.32 Å². The Morgan fingerprint density at radius 3 is 2.30 bits per heavy atom. The normalized spacial score (nSPS) is 13.1. The van der Waals surface area contributed by atoms with Crippen molar-refractivity contribution in [2.24, 2.45) is 0 Å². The van der Waals surface area contributed by atoms with Crippen molar-refractivity contribution < 1.29 is 28.3 Å². The lowest BCUT2D eigenvalue weighted by Gasteiger charge is -2.09. The zero-order valence-electron chi connectivity index (χ0n) is 14.7. The van der Waals surface area contributed by atoms with Crippen molar-refractivity contribution in [3.63, 3.8) is 0 Å². The van der Waals surface area contributed by atoms with Gasteiger partial charge in [0.25, 0.3) is 5.22 Å². The standard InChI is InChI=1S/C17H17N3O6S/c1-24-15(22)10-5-11(16(23)25-2)7-12(6-10)18-13(21)8-27-17-20-19-14(26-17)9-3-4-9/h5-7,9H,3-4,8H2,1-2H3,(H,18,21). The molecular formula is C17H17N3O6S. The van der Waals surface area contributed by atoms with E-state index in [1.807, 2.05) is 0 Å². The molecule has 27 heavy (non-hydrogen) atoms. The number of amides is 1. The van der Waals surface area contributed by atoms with Crippen molar-refractivity contribution in [3.8, 4) is 0 Å². The number of carbonyl (C=O) groups excluding carboxylic acids is 3. The Morgan fingerprint density at radius 1 is 1.11 bits per heavy atom. The van der Waals surface area contributed by atoms with Gasteiger partial charge in [-0.15, -0.1) is 10.2 Å². The van der Waals surface area contributed by atoms with E-state index in [4.69, 9.17) is 4.42 Å². The molecule has 9 nitrogen and oxygen atoms in total. The molecule has 2 aromatic rings. The van der Waals surface area contributed by atoms with Crippen LogP contribution in [0.4, 0.5) is 5.69 Å². The Kier molecular flexibility index (Phi) is 5.75. The van der Waals surface area contributed by atoms with Crippen molar-refractivity contribution in [3.05, 3.63) is 35.2 Å². The van der Waals surface area contributed by atoms with Crippen LogP contribution in [0, 0.1) is 0 Å². The Bertz CT molecular complexity index is 843. The first-order valence-corrected chi connectivity index (χ1v) is 9.06. The number of nitrogens with zero attached hydrogens (tertiary/aromatic N) is 2. The third kappa shape index (κ3) is 4.85. The van der Waals surface area contributed by atoms with E-state index < -0.39 is 11.9 Å². The summed E-state index contributed by atoms with van der Waals surface area (Å²) in [4.78, 5) is 35.7. The molecule has 0 bridgehead atoms. The molecule has 1 aliphatic carbocycles. The van der Waals surface area contributed by atoms with E-state index in [0.29, 0.717) is 17.0 Å². The molecule has 1 fully saturated rings. The predicted octanol–water partition coefficient (Wildman–Crippen LogP) is 2.25. The molecule has 0 unspecified atom stereocenters. The fourth-order valence-electron chi connectivity index (χ4n) is 2.27. The molecule has 1 aromatic heterocycles. The predicted molar refractivity (Wildman–Crippen MR) is 94.7 cm³/mol. The van der Waals surface area contributed by atoms with Crippen molar-refractivity contribution in [2.45, 2.75) is 24.0 Å². The Labute approximate surface area is 158 Å². The summed E-state index contributed by atoms with van der Waals surface area (Å²) >= 11 is 1.11. The number of rotatable bonds is 7. The Balaban J connectivity index is 1.66. The van der Waals surface area contributed by atoms with Crippen LogP contribution in [0.2, 0.25) is 0 Å². The number of hydrogen-bond acceptors (Lipinski definition) is 9. The van der Waals surface area contributed by atoms with Gasteiger partial charge in [0.2, 0.25) is 11.8 Å². The molecule has 0 saturated heterocycles. The number of thioether (sulfide) groups is 1. The number of esters is 2. The highest BCUT2D eigenvalue weighted by Gasteiger charge is 2.29. The molecule has 1 N–H and O–H groups in total. The molecular weight excluding hydrogens is 374 g/mol. The first-order chi connectivity index (χ1) is 13.0. The second-order valence-corrected chi connectivity index (χ2v) is 6.73. The van der Waals surface area contributed by atoms with Gasteiger partial charge in [0.1, 0.15) is 0 Å². The highest BCUT2D eigenvalue weighted by Crippen LogP contribution is 2.39. The van der Waals surface area contributed by atoms with Gasteiger partial charge < -0.3 is 19.2 Å². The third-order valence-corrected chi connectivity index (χ3v) is 4.55. The lowest BCUT2D eigenvalue weighted by Crippen LogP contribution is -2.16. The topological polar surface area (TPSA) is 121 Å². The lowest BCUT2D eigenvalue weighted by molar-refractivity contribution is -0.113. The van der Waals surface area contributed by atoms with Crippen LogP contribution in [0.1, 0.15) is 45.4 Å². The average Bonchev–Trinajstić information content (AvgIpc) is 3.42. The van der Waals surface area contributed by atoms with E-state index >= 15 is 0 Å². The summed E-state index contributed by atoms with van der Waals surface area (Å²) in [6, 6.07) is 4.16. The quantitative estimate of drug-likeness (QED) is 0.559. The van der Waals surface area contributed by atoms with Crippen LogP contribution in [0.25, 0.3) is 0 Å². The maximum atomic E-state index is 12.2. The largest absolute Gasteiger partial charge is 0.465 e. The maximum absolute atomic E-state index is 12.2. The molecule has 1 aromatic carbocycles. The molecule has 1 saturated carbocycles. The summed E-state index contributed by atoms with van der Waals surface area (Å²) in [6.45, 7) is 0. The molecule has 142 valence electrons. The molecule has 0 atom stereocenters. The van der Waals surface area contributed by atoms with E-state index in [1.54, 1.807) is 0 Å². The zero-order valence-corrected chi connectivity index (χ0v) is 15.5. The summed E-state index contributed by atoms with van der Waals surface area (Å²) < 4.78 is 14.8. The second kappa shape index (κ2) is 8.21. The number of aromatic nitrogens is 2. The molecule has 0 aliphatic heterocycles. The number of methoxy groups -OCH3 is 2. The van der Waals surface area contributed by atoms with Crippen molar-refractivity contribution >= 4 is 35.3 Å². The minimum absolute atomic E-state index is 0.0301. The van der Waals surface area contributed by atoms with Crippen LogP contribution in [0.3, 0.4) is 0 Å². The fraction of sp³-hybridized carbons (Fsp3) is 0.353. The van der Waals surface area contributed by atoms with Gasteiger partial charge >= 0.3 is 11.9 Å². The summed E-state index contributed by atoms with van der Waals surface area (Å²) in [5, 5.41) is 10.8. The van der Waals surface area contributed by atoms with Crippen molar-refractivity contribution in [1.29, 1.82) is 0 Å². The third-order valence-electron chi connectivity index (χ3n) is 3.73. The minimum Gasteiger partial charge on any atom is -0.465 e. The van der Waals surface area contributed by atoms with Gasteiger partial charge in [-0.2, -0.15) is 0 Å². The van der Waals surface area contributed by atoms with Crippen LogP contribution in [-0.2, 0) is 14.3 Å². The number of carbonyl (C=O) groups is 3. The zero-order chi connectivity index (χ0) is 19.4. The van der Waals surface area contributed by atoms with Crippen LogP contribution in [0.15, 0.2) is 27.8 Å². The number of hydrogen-bond donors (Lipinski definition) is 1. The van der Waals surface area contributed by atoms with E-state index in [0.717, 1.165) is 24.6 Å². The lowest BCUT2D eigenvalue weighted by atomic mass is 10.1. The van der Waals surface area contributed by atoms with E-state index in [2.05, 4.69) is 25.0 Å². The van der Waals surface area contributed by atoms with Crippen LogP contribution >= 0.6 is 11.8 Å². The molecule has 1 heterocycles. The summed E-state index contributed by atoms with van der Waals surface area (Å²) in [6.07, 6.45) is 2.09. The highest BCUT2D eigenvalue weighted by atomic mass is 32.2. The summed E-state index contributed by atoms with van der Waals surface area (Å²) in [5.74, 6) is -0.649. The smallest absolute Gasteiger partial charge is 0.337 e. The summed E-state index contributed by atoms with van der Waals surface area (Å²) in [5.41, 5.74) is 0.511. The van der Waals surface area contributed by atoms with Crippen molar-refractivity contribution in [1.82, 2.24) is 10.2 Å². The van der Waals surface area contributed by atoms with E-state index in [-0.39, 0.29) is 28.5 Å². The SMILES string of the molecule is COC(=O)c1cc(NC(=O)CSc2nnc(C3CC3)o2)cc(C(=O)OC)c1. The highest BCUT2D eigenvalue weighted by molar-refractivity contribution is 7.99. The fourth-order valence-corrected chi connectivity index (χ4v) is 2.84. The van der Waals surface area contributed by atoms with Gasteiger partial charge in [-0.25, -0.2) is 9.59 Å². The minimum atomic E-state index is -0.635. The first kappa shape index (κ1) is 18.9. The first-order valence-electron chi connectivity index (χ1n) is 8.08. The number of anilines is 1. The molecule has 1 amide bonds. The van der Waals surface area contributed by atoms with Crippen LogP contribution in [0.5, 0.6) is 0 Å². The average molecular weight is 391 g/mol. The molecule has 0 spiro atoms. The van der Waals surface area contributed by atoms with E-state index in [9.17, 15) is 14.4 Å². The molecule has 10 heteroatoms. The van der Waals surface area contributed by atoms with Gasteiger partial charge in [-0.05, 0) is 31.0 Å². The second-order valence-electron chi connectivity index (χ2n) is 5.80. The van der Waals surface area contributed by atoms with E-state index in [1.165, 1.54) is 32.4 Å². The molecule has 1 aliphatic rings. The van der Waals surface area contributed by atoms with Gasteiger partial charge in [0, 0.05) is 11.6 Å².